The van der Waals surface area contributed by atoms with Crippen LogP contribution in [0.3, 0.4) is 0 Å². The lowest BCUT2D eigenvalue weighted by Gasteiger charge is -2.53. The zero-order valence-corrected chi connectivity index (χ0v) is 11.3. The number of carboxylic acids is 1. The molecule has 4 aliphatic rings. The molecule has 0 unspecified atom stereocenters. The Morgan fingerprint density at radius 1 is 1.10 bits per heavy atom. The Labute approximate surface area is 117 Å². The summed E-state index contributed by atoms with van der Waals surface area (Å²) in [5, 5.41) is 9.14. The van der Waals surface area contributed by atoms with Crippen LogP contribution in [-0.2, 0) is 0 Å². The van der Waals surface area contributed by atoms with Crippen LogP contribution < -0.4 is 5.73 Å². The number of nitrogens with zero attached hydrogens (tertiary/aromatic N) is 2. The van der Waals surface area contributed by atoms with E-state index in [1.807, 2.05) is 0 Å². The molecule has 4 saturated carbocycles. The molecule has 5 nitrogen and oxygen atoms in total. The van der Waals surface area contributed by atoms with Gasteiger partial charge in [-0.3, -0.25) is 0 Å². The zero-order valence-electron chi connectivity index (χ0n) is 11.3. The predicted molar refractivity (Wildman–Crippen MR) is 73.2 cm³/mol. The summed E-state index contributed by atoms with van der Waals surface area (Å²) >= 11 is 0. The fourth-order valence-corrected chi connectivity index (χ4v) is 5.09. The Hall–Kier alpha value is -1.65. The van der Waals surface area contributed by atoms with Gasteiger partial charge in [0.15, 0.2) is 5.69 Å². The van der Waals surface area contributed by atoms with Gasteiger partial charge in [-0.15, -0.1) is 0 Å². The van der Waals surface area contributed by atoms with Crippen LogP contribution in [-0.4, -0.2) is 21.0 Å². The molecule has 106 valence electrons. The molecule has 0 amide bonds. The minimum Gasteiger partial charge on any atom is -0.477 e. The van der Waals surface area contributed by atoms with Gasteiger partial charge in [0.1, 0.15) is 11.6 Å². The lowest BCUT2D eigenvalue weighted by atomic mass is 9.51. The van der Waals surface area contributed by atoms with E-state index in [1.165, 1.54) is 38.2 Å². The standard InChI is InChI=1S/C15H19N3O2/c16-12-6-11(15(19)20)17-14(18-12)13-9-2-7-1-8(4-9)5-10(13)3-7/h6-10,13H,1-5H2,(H,19,20)(H2,16,17,18). The molecule has 0 aromatic carbocycles. The highest BCUT2D eigenvalue weighted by Gasteiger charge is 2.49. The fraction of sp³-hybridized carbons (Fsp3) is 0.667. The van der Waals surface area contributed by atoms with Crippen molar-refractivity contribution in [2.75, 3.05) is 5.73 Å². The van der Waals surface area contributed by atoms with Gasteiger partial charge in [0.2, 0.25) is 0 Å². The van der Waals surface area contributed by atoms with E-state index in [0.29, 0.717) is 23.6 Å². The summed E-state index contributed by atoms with van der Waals surface area (Å²) in [7, 11) is 0. The van der Waals surface area contributed by atoms with E-state index in [0.717, 1.165) is 11.8 Å². The quantitative estimate of drug-likeness (QED) is 0.863. The maximum atomic E-state index is 11.1. The lowest BCUT2D eigenvalue weighted by molar-refractivity contribution is -0.00571. The van der Waals surface area contributed by atoms with Crippen molar-refractivity contribution in [3.63, 3.8) is 0 Å². The van der Waals surface area contributed by atoms with E-state index in [1.54, 1.807) is 0 Å². The number of nitrogens with two attached hydrogens (primary N) is 1. The Bertz CT molecular complexity index is 544. The molecule has 3 N–H and O–H groups in total. The summed E-state index contributed by atoms with van der Waals surface area (Å²) in [5.41, 5.74) is 5.80. The smallest absolute Gasteiger partial charge is 0.354 e. The van der Waals surface area contributed by atoms with E-state index in [-0.39, 0.29) is 11.5 Å². The first-order valence-electron chi connectivity index (χ1n) is 7.48. The van der Waals surface area contributed by atoms with E-state index >= 15 is 0 Å². The van der Waals surface area contributed by atoms with Gasteiger partial charge >= 0.3 is 5.97 Å². The third-order valence-corrected chi connectivity index (χ3v) is 5.51. The van der Waals surface area contributed by atoms with Crippen molar-refractivity contribution in [1.29, 1.82) is 0 Å². The van der Waals surface area contributed by atoms with E-state index in [2.05, 4.69) is 9.97 Å². The van der Waals surface area contributed by atoms with E-state index < -0.39 is 5.97 Å². The van der Waals surface area contributed by atoms with Crippen LogP contribution in [0.15, 0.2) is 6.07 Å². The normalized spacial score (nSPS) is 38.1. The summed E-state index contributed by atoms with van der Waals surface area (Å²) in [4.78, 5) is 19.8. The van der Waals surface area contributed by atoms with Gasteiger partial charge in [0.25, 0.3) is 0 Å². The number of anilines is 1. The highest BCUT2D eigenvalue weighted by molar-refractivity contribution is 5.86. The van der Waals surface area contributed by atoms with Crippen molar-refractivity contribution < 1.29 is 9.90 Å². The monoisotopic (exact) mass is 273 g/mol. The van der Waals surface area contributed by atoms with Gasteiger partial charge in [-0.2, -0.15) is 0 Å². The first-order valence-corrected chi connectivity index (χ1v) is 7.48. The number of hydrogen-bond donors (Lipinski definition) is 2. The predicted octanol–water partition coefficient (Wildman–Crippen LogP) is 2.30. The molecule has 0 aliphatic heterocycles. The molecule has 5 rings (SSSR count). The first-order chi connectivity index (χ1) is 9.60. The molecular weight excluding hydrogens is 254 g/mol. The van der Waals surface area contributed by atoms with Gasteiger partial charge in [0, 0.05) is 12.0 Å². The molecule has 0 spiro atoms. The Kier molecular flexibility index (Phi) is 2.53. The average molecular weight is 273 g/mol. The van der Waals surface area contributed by atoms with Crippen molar-refractivity contribution in [2.24, 2.45) is 23.7 Å². The van der Waals surface area contributed by atoms with Gasteiger partial charge in [-0.05, 0) is 55.8 Å². The molecule has 1 heterocycles. The van der Waals surface area contributed by atoms with E-state index in [4.69, 9.17) is 10.8 Å². The molecule has 1 aromatic rings. The van der Waals surface area contributed by atoms with Crippen LogP contribution in [0.5, 0.6) is 0 Å². The van der Waals surface area contributed by atoms with Crippen LogP contribution in [0, 0.1) is 23.7 Å². The van der Waals surface area contributed by atoms with Crippen molar-refractivity contribution in [2.45, 2.75) is 38.0 Å². The van der Waals surface area contributed by atoms with Crippen LogP contribution >= 0.6 is 0 Å². The molecule has 20 heavy (non-hydrogen) atoms. The van der Waals surface area contributed by atoms with Crippen molar-refractivity contribution in [1.82, 2.24) is 9.97 Å². The number of nitrogen functional groups attached to an aromatic ring is 1. The minimum absolute atomic E-state index is 0.0290. The average Bonchev–Trinajstić information content (AvgIpc) is 2.36. The number of aromatic carboxylic acids is 1. The topological polar surface area (TPSA) is 89.1 Å². The number of hydrogen-bond acceptors (Lipinski definition) is 4. The van der Waals surface area contributed by atoms with Crippen molar-refractivity contribution in [3.8, 4) is 0 Å². The van der Waals surface area contributed by atoms with Gasteiger partial charge in [-0.1, -0.05) is 0 Å². The lowest BCUT2D eigenvalue weighted by Crippen LogP contribution is -2.44. The van der Waals surface area contributed by atoms with E-state index in [9.17, 15) is 4.79 Å². The Morgan fingerprint density at radius 3 is 2.25 bits per heavy atom. The highest BCUT2D eigenvalue weighted by atomic mass is 16.4. The van der Waals surface area contributed by atoms with Crippen LogP contribution in [0.1, 0.15) is 54.3 Å². The van der Waals surface area contributed by atoms with Crippen molar-refractivity contribution in [3.05, 3.63) is 17.6 Å². The molecule has 4 bridgehead atoms. The van der Waals surface area contributed by atoms with Crippen LogP contribution in [0.25, 0.3) is 0 Å². The summed E-state index contributed by atoms with van der Waals surface area (Å²) in [6.07, 6.45) is 6.45. The summed E-state index contributed by atoms with van der Waals surface area (Å²) < 4.78 is 0. The van der Waals surface area contributed by atoms with Gasteiger partial charge < -0.3 is 10.8 Å². The largest absolute Gasteiger partial charge is 0.477 e. The number of carboxylic acid groups (broad SMARTS) is 1. The summed E-state index contributed by atoms with van der Waals surface area (Å²) in [6.45, 7) is 0. The molecule has 0 saturated heterocycles. The third-order valence-electron chi connectivity index (χ3n) is 5.51. The fourth-order valence-electron chi connectivity index (χ4n) is 5.09. The maximum absolute atomic E-state index is 11.1. The molecule has 0 atom stereocenters. The minimum atomic E-state index is -1.02. The maximum Gasteiger partial charge on any atom is 0.354 e. The third kappa shape index (κ3) is 1.79. The zero-order chi connectivity index (χ0) is 13.9. The highest BCUT2D eigenvalue weighted by Crippen LogP contribution is 2.59. The molecule has 4 aliphatic carbocycles. The molecule has 0 radical (unpaired) electrons. The molecule has 4 fully saturated rings. The Balaban J connectivity index is 1.72. The number of rotatable bonds is 2. The molecule has 1 aromatic heterocycles. The van der Waals surface area contributed by atoms with Crippen LogP contribution in [0.4, 0.5) is 5.82 Å². The second-order valence-electron chi connectivity index (χ2n) is 6.80. The Morgan fingerprint density at radius 2 is 1.70 bits per heavy atom. The van der Waals surface area contributed by atoms with Gasteiger partial charge in [0.05, 0.1) is 0 Å². The SMILES string of the molecule is Nc1cc(C(=O)O)nc(C2C3CC4CC(C3)CC2C4)n1. The van der Waals surface area contributed by atoms with Crippen molar-refractivity contribution >= 4 is 11.8 Å². The second-order valence-corrected chi connectivity index (χ2v) is 6.80. The summed E-state index contributed by atoms with van der Waals surface area (Å²) in [6, 6.07) is 1.35. The summed E-state index contributed by atoms with van der Waals surface area (Å²) in [5.74, 6) is 3.29. The number of aromatic nitrogens is 2. The second kappa shape index (κ2) is 4.17. The van der Waals surface area contributed by atoms with Crippen LogP contribution in [0.2, 0.25) is 0 Å². The number of carbonyl (C=O) groups is 1. The molecule has 5 heteroatoms. The molecular formula is C15H19N3O2. The first kappa shape index (κ1) is 12.1. The van der Waals surface area contributed by atoms with Gasteiger partial charge in [-0.25, -0.2) is 14.8 Å².